The molecule has 2 nitrogen and oxygen atoms in total. The molecule has 0 aliphatic carbocycles. The molecule has 1 N–H and O–H groups in total. The van der Waals surface area contributed by atoms with Crippen LogP contribution in [0.5, 0.6) is 0 Å². The lowest BCUT2D eigenvalue weighted by Crippen LogP contribution is -2.46. The first-order valence-corrected chi connectivity index (χ1v) is 5.82. The van der Waals surface area contributed by atoms with Crippen LogP contribution in [0.1, 0.15) is 19.4 Å². The van der Waals surface area contributed by atoms with Crippen molar-refractivity contribution in [2.45, 2.75) is 32.5 Å². The lowest BCUT2D eigenvalue weighted by atomic mass is 9.96. The van der Waals surface area contributed by atoms with Gasteiger partial charge in [0.1, 0.15) is 5.82 Å². The smallest absolute Gasteiger partial charge is 0.345 e. The average Bonchev–Trinajstić information content (AvgIpc) is 2.29. The first kappa shape index (κ1) is 15.5. The Morgan fingerprint density at radius 3 is 2.16 bits per heavy atom. The van der Waals surface area contributed by atoms with E-state index >= 15 is 0 Å². The lowest BCUT2D eigenvalue weighted by molar-refractivity contribution is -0.174. The molecule has 106 valence electrons. The van der Waals surface area contributed by atoms with Gasteiger partial charge in [0.15, 0.2) is 0 Å². The Hall–Kier alpha value is -1.59. The molecule has 19 heavy (non-hydrogen) atoms. The van der Waals surface area contributed by atoms with E-state index in [1.165, 1.54) is 24.3 Å². The number of nitrogens with one attached hydrogen (secondary N) is 1. The quantitative estimate of drug-likeness (QED) is 0.842. The highest BCUT2D eigenvalue weighted by Gasteiger charge is 2.40. The molecule has 1 unspecified atom stereocenters. The van der Waals surface area contributed by atoms with Gasteiger partial charge in [0.05, 0.1) is 0 Å². The van der Waals surface area contributed by atoms with Crippen LogP contribution in [0.3, 0.4) is 0 Å². The van der Waals surface area contributed by atoms with Crippen LogP contribution in [0.2, 0.25) is 0 Å². The van der Waals surface area contributed by atoms with Gasteiger partial charge in [0, 0.05) is 6.04 Å². The molecule has 0 spiro atoms. The minimum atomic E-state index is -4.89. The van der Waals surface area contributed by atoms with Crippen molar-refractivity contribution in [1.82, 2.24) is 5.32 Å². The molecule has 0 radical (unpaired) electrons. The largest absolute Gasteiger partial charge is 0.471 e. The normalized spacial score (nSPS) is 13.4. The monoisotopic (exact) mass is 277 g/mol. The summed E-state index contributed by atoms with van der Waals surface area (Å²) in [5.41, 5.74) is 0.669. The van der Waals surface area contributed by atoms with Crippen molar-refractivity contribution >= 4 is 5.91 Å². The van der Waals surface area contributed by atoms with Crippen LogP contribution in [0.25, 0.3) is 0 Å². The molecule has 1 atom stereocenters. The van der Waals surface area contributed by atoms with Crippen LogP contribution in [-0.2, 0) is 11.2 Å². The first-order valence-electron chi connectivity index (χ1n) is 5.82. The van der Waals surface area contributed by atoms with Crippen molar-refractivity contribution in [3.63, 3.8) is 0 Å². The molecular weight excluding hydrogens is 262 g/mol. The summed E-state index contributed by atoms with van der Waals surface area (Å²) in [6.07, 6.45) is -4.67. The fourth-order valence-corrected chi connectivity index (χ4v) is 1.58. The first-order chi connectivity index (χ1) is 8.70. The summed E-state index contributed by atoms with van der Waals surface area (Å²) < 4.78 is 49.3. The zero-order chi connectivity index (χ0) is 14.6. The highest BCUT2D eigenvalue weighted by atomic mass is 19.4. The number of hydrogen-bond acceptors (Lipinski definition) is 1. The van der Waals surface area contributed by atoms with Gasteiger partial charge in [0.25, 0.3) is 0 Å². The van der Waals surface area contributed by atoms with Crippen molar-refractivity contribution in [1.29, 1.82) is 0 Å². The van der Waals surface area contributed by atoms with Gasteiger partial charge in [-0.2, -0.15) is 13.2 Å². The fraction of sp³-hybridized carbons (Fsp3) is 0.462. The van der Waals surface area contributed by atoms with Crippen molar-refractivity contribution in [2.75, 3.05) is 0 Å². The second kappa shape index (κ2) is 6.04. The third kappa shape index (κ3) is 4.89. The summed E-state index contributed by atoms with van der Waals surface area (Å²) >= 11 is 0. The van der Waals surface area contributed by atoms with Crippen LogP contribution in [0.15, 0.2) is 24.3 Å². The van der Waals surface area contributed by atoms with Gasteiger partial charge in [-0.25, -0.2) is 4.39 Å². The minimum Gasteiger partial charge on any atom is -0.345 e. The molecular formula is C13H15F4NO. The van der Waals surface area contributed by atoms with Gasteiger partial charge in [-0.15, -0.1) is 0 Å². The molecule has 1 aromatic rings. The zero-order valence-corrected chi connectivity index (χ0v) is 10.6. The number of alkyl halides is 3. The summed E-state index contributed by atoms with van der Waals surface area (Å²) in [5, 5.41) is 1.96. The van der Waals surface area contributed by atoms with E-state index in [0.29, 0.717) is 5.56 Å². The molecule has 0 saturated carbocycles. The number of hydrogen-bond donors (Lipinski definition) is 1. The third-order valence-corrected chi connectivity index (χ3v) is 2.75. The Labute approximate surface area is 108 Å². The van der Waals surface area contributed by atoms with Gasteiger partial charge < -0.3 is 5.32 Å². The number of carbonyl (C=O) groups is 1. The van der Waals surface area contributed by atoms with Crippen LogP contribution in [-0.4, -0.2) is 18.1 Å². The molecule has 0 aliphatic rings. The lowest BCUT2D eigenvalue weighted by Gasteiger charge is -2.23. The van der Waals surface area contributed by atoms with Crippen molar-refractivity contribution < 1.29 is 22.4 Å². The molecule has 6 heteroatoms. The molecule has 0 bridgehead atoms. The van der Waals surface area contributed by atoms with Crippen molar-refractivity contribution in [2.24, 2.45) is 5.92 Å². The molecule has 0 aliphatic heterocycles. The van der Waals surface area contributed by atoms with Gasteiger partial charge >= 0.3 is 12.1 Å². The van der Waals surface area contributed by atoms with Gasteiger partial charge in [-0.1, -0.05) is 26.0 Å². The van der Waals surface area contributed by atoms with E-state index in [1.807, 2.05) is 5.32 Å². The topological polar surface area (TPSA) is 29.1 Å². The average molecular weight is 277 g/mol. The van der Waals surface area contributed by atoms with Crippen LogP contribution in [0, 0.1) is 11.7 Å². The van der Waals surface area contributed by atoms with Crippen LogP contribution >= 0.6 is 0 Å². The number of amides is 1. The van der Waals surface area contributed by atoms with E-state index in [1.54, 1.807) is 13.8 Å². The molecule has 0 aromatic heterocycles. The Morgan fingerprint density at radius 2 is 1.74 bits per heavy atom. The fourth-order valence-electron chi connectivity index (χ4n) is 1.58. The maximum Gasteiger partial charge on any atom is 0.471 e. The van der Waals surface area contributed by atoms with Crippen molar-refractivity contribution in [3.8, 4) is 0 Å². The Kier molecular flexibility index (Phi) is 4.91. The molecule has 0 heterocycles. The zero-order valence-electron chi connectivity index (χ0n) is 10.6. The highest BCUT2D eigenvalue weighted by molar-refractivity contribution is 5.82. The maximum atomic E-state index is 12.7. The van der Waals surface area contributed by atoms with E-state index in [2.05, 4.69) is 0 Å². The Balaban J connectivity index is 2.74. The summed E-state index contributed by atoms with van der Waals surface area (Å²) in [5.74, 6) is -2.53. The maximum absolute atomic E-state index is 12.7. The molecule has 1 amide bonds. The number of rotatable bonds is 4. The van der Waals surface area contributed by atoms with E-state index in [9.17, 15) is 22.4 Å². The number of carbonyl (C=O) groups excluding carboxylic acids is 1. The highest BCUT2D eigenvalue weighted by Crippen LogP contribution is 2.17. The predicted octanol–water partition coefficient (Wildman–Crippen LogP) is 3.07. The summed E-state index contributed by atoms with van der Waals surface area (Å²) in [4.78, 5) is 10.9. The molecule has 1 rings (SSSR count). The second-order valence-corrected chi connectivity index (χ2v) is 4.65. The Bertz CT molecular complexity index is 425. The molecule has 1 aromatic carbocycles. The standard InChI is InChI=1S/C13H15F4NO/c1-8(2)11(18-12(19)13(15,16)17)7-9-3-5-10(14)6-4-9/h3-6,8,11H,7H2,1-2H3,(H,18,19). The molecule has 0 saturated heterocycles. The minimum absolute atomic E-state index is 0.170. The van der Waals surface area contributed by atoms with E-state index in [4.69, 9.17) is 0 Å². The number of benzene rings is 1. The van der Waals surface area contributed by atoms with Gasteiger partial charge in [0.2, 0.25) is 0 Å². The van der Waals surface area contributed by atoms with Crippen molar-refractivity contribution in [3.05, 3.63) is 35.6 Å². The second-order valence-electron chi connectivity index (χ2n) is 4.65. The summed E-state index contributed by atoms with van der Waals surface area (Å²) in [7, 11) is 0. The summed E-state index contributed by atoms with van der Waals surface area (Å²) in [6, 6.07) is 4.80. The molecule has 0 fully saturated rings. The SMILES string of the molecule is CC(C)C(Cc1ccc(F)cc1)NC(=O)C(F)(F)F. The van der Waals surface area contributed by atoms with Gasteiger partial charge in [-0.05, 0) is 30.0 Å². The van der Waals surface area contributed by atoms with Crippen LogP contribution in [0.4, 0.5) is 17.6 Å². The van der Waals surface area contributed by atoms with E-state index < -0.39 is 23.9 Å². The third-order valence-electron chi connectivity index (χ3n) is 2.75. The number of halogens is 4. The Morgan fingerprint density at radius 1 is 1.21 bits per heavy atom. The van der Waals surface area contributed by atoms with E-state index in [-0.39, 0.29) is 12.3 Å². The van der Waals surface area contributed by atoms with E-state index in [0.717, 1.165) is 0 Å². The van der Waals surface area contributed by atoms with Gasteiger partial charge in [-0.3, -0.25) is 4.79 Å². The summed E-state index contributed by atoms with van der Waals surface area (Å²) in [6.45, 7) is 3.43. The predicted molar refractivity (Wildman–Crippen MR) is 62.9 cm³/mol. The van der Waals surface area contributed by atoms with Crippen LogP contribution < -0.4 is 5.32 Å².